The molecule has 0 aliphatic carbocycles. The standard InChI is InChI=1S/C11H15BO/c1-9(13)11-6-4-10(5-7-11)3-2-8-12/h4-7,9,13H,2-3,8H2,1H3. The molecule has 1 unspecified atom stereocenters. The maximum absolute atomic E-state index is 9.27. The molecule has 1 rings (SSSR count). The van der Waals surface area contributed by atoms with Gasteiger partial charge in [0.05, 0.1) is 14.0 Å². The molecule has 0 fully saturated rings. The molecule has 13 heavy (non-hydrogen) atoms. The summed E-state index contributed by atoms with van der Waals surface area (Å²) in [5.74, 6) is 0. The maximum Gasteiger partial charge on any atom is 0.0761 e. The molecule has 1 aromatic rings. The highest BCUT2D eigenvalue weighted by Crippen LogP contribution is 2.13. The summed E-state index contributed by atoms with van der Waals surface area (Å²) in [6.07, 6.45) is 2.41. The summed E-state index contributed by atoms with van der Waals surface area (Å²) < 4.78 is 0. The van der Waals surface area contributed by atoms with Crippen molar-refractivity contribution in [1.82, 2.24) is 0 Å². The van der Waals surface area contributed by atoms with Crippen LogP contribution in [0.1, 0.15) is 30.6 Å². The van der Waals surface area contributed by atoms with Crippen molar-refractivity contribution < 1.29 is 5.11 Å². The number of aliphatic hydroxyl groups excluding tert-OH is 1. The highest BCUT2D eigenvalue weighted by molar-refractivity contribution is 6.08. The molecule has 1 N–H and O–H groups in total. The first kappa shape index (κ1) is 10.3. The highest BCUT2D eigenvalue weighted by atomic mass is 16.3. The minimum Gasteiger partial charge on any atom is -0.389 e. The molecule has 0 saturated carbocycles. The number of aliphatic hydroxyl groups is 1. The minimum absolute atomic E-state index is 0.372. The van der Waals surface area contributed by atoms with Gasteiger partial charge >= 0.3 is 0 Å². The second-order valence-electron chi connectivity index (χ2n) is 3.31. The van der Waals surface area contributed by atoms with E-state index in [0.29, 0.717) is 0 Å². The van der Waals surface area contributed by atoms with Gasteiger partial charge < -0.3 is 5.11 Å². The second-order valence-corrected chi connectivity index (χ2v) is 3.31. The molecular formula is C11H15BO. The Morgan fingerprint density at radius 3 is 2.38 bits per heavy atom. The molecule has 0 saturated heterocycles. The molecule has 1 aromatic carbocycles. The molecule has 2 radical (unpaired) electrons. The first-order chi connectivity index (χ1) is 6.24. The summed E-state index contributed by atoms with van der Waals surface area (Å²) in [6.45, 7) is 1.77. The van der Waals surface area contributed by atoms with E-state index in [2.05, 4.69) is 12.1 Å². The van der Waals surface area contributed by atoms with Gasteiger partial charge in [0.25, 0.3) is 0 Å². The lowest BCUT2D eigenvalue weighted by molar-refractivity contribution is 0.199. The number of hydrogen-bond donors (Lipinski definition) is 1. The van der Waals surface area contributed by atoms with Crippen LogP contribution in [0.5, 0.6) is 0 Å². The average Bonchev–Trinajstić information content (AvgIpc) is 2.15. The molecule has 0 heterocycles. The monoisotopic (exact) mass is 174 g/mol. The molecule has 0 aliphatic heterocycles. The predicted molar refractivity (Wildman–Crippen MR) is 56.0 cm³/mol. The zero-order valence-electron chi connectivity index (χ0n) is 8.03. The number of benzene rings is 1. The van der Waals surface area contributed by atoms with Crippen molar-refractivity contribution >= 4 is 7.85 Å². The van der Waals surface area contributed by atoms with Crippen molar-refractivity contribution in [2.45, 2.75) is 32.2 Å². The quantitative estimate of drug-likeness (QED) is 0.694. The summed E-state index contributed by atoms with van der Waals surface area (Å²) in [7, 11) is 5.41. The average molecular weight is 174 g/mol. The van der Waals surface area contributed by atoms with Gasteiger partial charge in [-0.05, 0) is 24.5 Å². The van der Waals surface area contributed by atoms with Crippen LogP contribution in [0.3, 0.4) is 0 Å². The lowest BCUT2D eigenvalue weighted by atomic mass is 9.97. The van der Waals surface area contributed by atoms with Gasteiger partial charge in [-0.2, -0.15) is 0 Å². The van der Waals surface area contributed by atoms with Crippen molar-refractivity contribution in [3.8, 4) is 0 Å². The Hall–Kier alpha value is -0.755. The largest absolute Gasteiger partial charge is 0.389 e. The van der Waals surface area contributed by atoms with Gasteiger partial charge in [0.2, 0.25) is 0 Å². The Balaban J connectivity index is 2.59. The topological polar surface area (TPSA) is 20.2 Å². The van der Waals surface area contributed by atoms with Crippen LogP contribution in [0.15, 0.2) is 24.3 Å². The van der Waals surface area contributed by atoms with Crippen LogP contribution in [0, 0.1) is 0 Å². The van der Waals surface area contributed by atoms with Gasteiger partial charge in [0.1, 0.15) is 0 Å². The minimum atomic E-state index is -0.372. The number of rotatable bonds is 4. The van der Waals surface area contributed by atoms with E-state index in [9.17, 15) is 5.11 Å². The molecule has 0 aliphatic rings. The summed E-state index contributed by atoms with van der Waals surface area (Å²) >= 11 is 0. The predicted octanol–water partition coefficient (Wildman–Crippen LogP) is 2.26. The summed E-state index contributed by atoms with van der Waals surface area (Å²) in [5.41, 5.74) is 2.26. The summed E-state index contributed by atoms with van der Waals surface area (Å²) in [6, 6.07) is 8.04. The summed E-state index contributed by atoms with van der Waals surface area (Å²) in [5, 5.41) is 9.27. The van der Waals surface area contributed by atoms with Crippen LogP contribution in [0.25, 0.3) is 0 Å². The van der Waals surface area contributed by atoms with Crippen LogP contribution in [0.2, 0.25) is 6.32 Å². The molecular weight excluding hydrogens is 159 g/mol. The van der Waals surface area contributed by atoms with E-state index >= 15 is 0 Å². The van der Waals surface area contributed by atoms with Crippen LogP contribution in [0.4, 0.5) is 0 Å². The molecule has 2 heteroatoms. The van der Waals surface area contributed by atoms with Gasteiger partial charge in [0, 0.05) is 0 Å². The van der Waals surface area contributed by atoms with Crippen LogP contribution in [-0.4, -0.2) is 13.0 Å². The third-order valence-electron chi connectivity index (χ3n) is 2.13. The fraction of sp³-hybridized carbons (Fsp3) is 0.455. The van der Waals surface area contributed by atoms with Gasteiger partial charge in [0.15, 0.2) is 0 Å². The van der Waals surface area contributed by atoms with E-state index in [0.717, 1.165) is 24.7 Å². The van der Waals surface area contributed by atoms with E-state index in [4.69, 9.17) is 7.85 Å². The molecule has 0 spiro atoms. The fourth-order valence-corrected chi connectivity index (χ4v) is 1.27. The van der Waals surface area contributed by atoms with Gasteiger partial charge in [-0.1, -0.05) is 37.0 Å². The zero-order chi connectivity index (χ0) is 9.68. The first-order valence-corrected chi connectivity index (χ1v) is 4.71. The van der Waals surface area contributed by atoms with Crippen molar-refractivity contribution in [3.63, 3.8) is 0 Å². The van der Waals surface area contributed by atoms with Crippen molar-refractivity contribution in [1.29, 1.82) is 0 Å². The van der Waals surface area contributed by atoms with Gasteiger partial charge in [-0.15, -0.1) is 0 Å². The molecule has 0 aromatic heterocycles. The van der Waals surface area contributed by atoms with Crippen molar-refractivity contribution in [2.75, 3.05) is 0 Å². The SMILES string of the molecule is [B]CCCc1ccc(C(C)O)cc1. The van der Waals surface area contributed by atoms with Crippen LogP contribution in [-0.2, 0) is 6.42 Å². The Morgan fingerprint density at radius 1 is 1.31 bits per heavy atom. The van der Waals surface area contributed by atoms with Crippen LogP contribution >= 0.6 is 0 Å². The van der Waals surface area contributed by atoms with Crippen LogP contribution < -0.4 is 0 Å². The number of aryl methyl sites for hydroxylation is 1. The van der Waals surface area contributed by atoms with Gasteiger partial charge in [-0.3, -0.25) is 0 Å². The smallest absolute Gasteiger partial charge is 0.0761 e. The number of hydrogen-bond acceptors (Lipinski definition) is 1. The molecule has 0 bridgehead atoms. The van der Waals surface area contributed by atoms with E-state index in [1.165, 1.54) is 5.56 Å². The Labute approximate surface area is 81.2 Å². The lowest BCUT2D eigenvalue weighted by Gasteiger charge is -2.05. The third-order valence-corrected chi connectivity index (χ3v) is 2.13. The van der Waals surface area contributed by atoms with Crippen molar-refractivity contribution in [2.24, 2.45) is 0 Å². The van der Waals surface area contributed by atoms with E-state index in [1.807, 2.05) is 12.1 Å². The molecule has 1 nitrogen and oxygen atoms in total. The highest BCUT2D eigenvalue weighted by Gasteiger charge is 1.99. The third kappa shape index (κ3) is 3.23. The lowest BCUT2D eigenvalue weighted by Crippen LogP contribution is -1.91. The Morgan fingerprint density at radius 2 is 1.92 bits per heavy atom. The first-order valence-electron chi connectivity index (χ1n) is 4.71. The zero-order valence-corrected chi connectivity index (χ0v) is 8.03. The Kier molecular flexibility index (Phi) is 4.03. The Bertz CT molecular complexity index is 241. The molecule has 0 amide bonds. The fourth-order valence-electron chi connectivity index (χ4n) is 1.27. The summed E-state index contributed by atoms with van der Waals surface area (Å²) in [4.78, 5) is 0. The maximum atomic E-state index is 9.27. The molecule has 68 valence electrons. The molecule has 1 atom stereocenters. The van der Waals surface area contributed by atoms with Crippen molar-refractivity contribution in [3.05, 3.63) is 35.4 Å². The normalized spacial score (nSPS) is 12.8. The van der Waals surface area contributed by atoms with Gasteiger partial charge in [-0.25, -0.2) is 0 Å². The second kappa shape index (κ2) is 5.08. The van der Waals surface area contributed by atoms with E-state index < -0.39 is 0 Å². The van der Waals surface area contributed by atoms with E-state index in [1.54, 1.807) is 6.92 Å². The van der Waals surface area contributed by atoms with E-state index in [-0.39, 0.29) is 6.10 Å².